The minimum Gasteiger partial charge on any atom is -0.497 e. The van der Waals surface area contributed by atoms with Gasteiger partial charge in [-0.1, -0.05) is 38.1 Å². The Kier molecular flexibility index (Phi) is 7.47. The van der Waals surface area contributed by atoms with Crippen LogP contribution in [0, 0.1) is 0 Å². The number of nitrogens with one attached hydrogen (secondary N) is 1. The van der Waals surface area contributed by atoms with Crippen LogP contribution in [0.2, 0.25) is 0 Å². The van der Waals surface area contributed by atoms with Crippen molar-refractivity contribution < 1.29 is 9.53 Å². The number of hydrogen-bond donors (Lipinski definition) is 1. The topological polar surface area (TPSA) is 41.6 Å². The Bertz CT molecular complexity index is 715. The summed E-state index contributed by atoms with van der Waals surface area (Å²) in [6, 6.07) is 13.6. The van der Waals surface area contributed by atoms with Gasteiger partial charge in [-0.25, -0.2) is 0 Å². The SMILES string of the molecule is CCN(CC)Cc1ccccc1CNC(=O)c1cc(OC)ccc1Br. The van der Waals surface area contributed by atoms with E-state index >= 15 is 0 Å². The first-order chi connectivity index (χ1) is 12.1. The van der Waals surface area contributed by atoms with Gasteiger partial charge >= 0.3 is 0 Å². The maximum atomic E-state index is 12.5. The Morgan fingerprint density at radius 3 is 2.44 bits per heavy atom. The third-order valence-corrected chi connectivity index (χ3v) is 4.96. The highest BCUT2D eigenvalue weighted by Gasteiger charge is 2.12. The van der Waals surface area contributed by atoms with Gasteiger partial charge in [-0.3, -0.25) is 9.69 Å². The van der Waals surface area contributed by atoms with Crippen molar-refractivity contribution >= 4 is 21.8 Å². The van der Waals surface area contributed by atoms with E-state index in [0.29, 0.717) is 17.9 Å². The smallest absolute Gasteiger partial charge is 0.252 e. The third kappa shape index (κ3) is 5.31. The average molecular weight is 405 g/mol. The molecule has 0 saturated carbocycles. The summed E-state index contributed by atoms with van der Waals surface area (Å²) in [7, 11) is 1.59. The summed E-state index contributed by atoms with van der Waals surface area (Å²) in [4.78, 5) is 14.9. The largest absolute Gasteiger partial charge is 0.497 e. The predicted molar refractivity (Wildman–Crippen MR) is 105 cm³/mol. The van der Waals surface area contributed by atoms with E-state index in [1.807, 2.05) is 24.3 Å². The van der Waals surface area contributed by atoms with E-state index in [-0.39, 0.29) is 5.91 Å². The second kappa shape index (κ2) is 9.59. The fraction of sp³-hybridized carbons (Fsp3) is 0.350. The molecule has 0 bridgehead atoms. The fourth-order valence-corrected chi connectivity index (χ4v) is 3.08. The number of carbonyl (C=O) groups is 1. The Balaban J connectivity index is 2.10. The van der Waals surface area contributed by atoms with Gasteiger partial charge in [-0.15, -0.1) is 0 Å². The molecule has 0 heterocycles. The molecule has 0 aliphatic carbocycles. The zero-order valence-corrected chi connectivity index (χ0v) is 16.6. The van der Waals surface area contributed by atoms with Crippen molar-refractivity contribution in [3.8, 4) is 5.75 Å². The molecule has 0 saturated heterocycles. The number of hydrogen-bond acceptors (Lipinski definition) is 3. The summed E-state index contributed by atoms with van der Waals surface area (Å²) >= 11 is 3.43. The highest BCUT2D eigenvalue weighted by Crippen LogP contribution is 2.22. The normalized spacial score (nSPS) is 10.8. The van der Waals surface area contributed by atoms with Crippen molar-refractivity contribution in [2.24, 2.45) is 0 Å². The maximum Gasteiger partial charge on any atom is 0.252 e. The summed E-state index contributed by atoms with van der Waals surface area (Å²) in [5.41, 5.74) is 2.96. The second-order valence-corrected chi connectivity index (χ2v) is 6.61. The summed E-state index contributed by atoms with van der Waals surface area (Å²) < 4.78 is 5.96. The minimum absolute atomic E-state index is 0.122. The van der Waals surface area contributed by atoms with E-state index in [0.717, 1.165) is 29.7 Å². The quantitative estimate of drug-likeness (QED) is 0.715. The molecule has 4 nitrogen and oxygen atoms in total. The molecule has 0 unspecified atom stereocenters. The molecule has 0 aliphatic rings. The van der Waals surface area contributed by atoms with Crippen LogP contribution in [-0.4, -0.2) is 31.0 Å². The number of rotatable bonds is 8. The lowest BCUT2D eigenvalue weighted by Crippen LogP contribution is -2.26. The molecule has 2 aromatic rings. The Morgan fingerprint density at radius 1 is 1.12 bits per heavy atom. The molecule has 0 aromatic heterocycles. The highest BCUT2D eigenvalue weighted by atomic mass is 79.9. The van der Waals surface area contributed by atoms with E-state index in [9.17, 15) is 4.79 Å². The van der Waals surface area contributed by atoms with Crippen LogP contribution in [0.5, 0.6) is 5.75 Å². The molecule has 0 fully saturated rings. The van der Waals surface area contributed by atoms with Crippen LogP contribution in [0.4, 0.5) is 0 Å². The van der Waals surface area contributed by atoms with Gasteiger partial charge in [0.15, 0.2) is 0 Å². The number of nitrogens with zero attached hydrogens (tertiary/aromatic N) is 1. The van der Waals surface area contributed by atoms with Gasteiger partial charge in [0.2, 0.25) is 0 Å². The summed E-state index contributed by atoms with van der Waals surface area (Å²) in [6.45, 7) is 7.73. The molecular weight excluding hydrogens is 380 g/mol. The molecule has 0 radical (unpaired) electrons. The molecule has 2 aromatic carbocycles. The van der Waals surface area contributed by atoms with Crippen LogP contribution in [0.1, 0.15) is 35.3 Å². The molecule has 1 amide bonds. The van der Waals surface area contributed by atoms with Crippen molar-refractivity contribution in [2.75, 3.05) is 20.2 Å². The monoisotopic (exact) mass is 404 g/mol. The fourth-order valence-electron chi connectivity index (χ4n) is 2.65. The summed E-state index contributed by atoms with van der Waals surface area (Å²) in [5.74, 6) is 0.540. The Labute approximate surface area is 158 Å². The molecule has 0 spiro atoms. The van der Waals surface area contributed by atoms with Crippen molar-refractivity contribution in [3.63, 3.8) is 0 Å². The Morgan fingerprint density at radius 2 is 1.80 bits per heavy atom. The molecular formula is C20H25BrN2O2. The lowest BCUT2D eigenvalue weighted by molar-refractivity contribution is 0.0949. The van der Waals surface area contributed by atoms with Crippen LogP contribution in [0.25, 0.3) is 0 Å². The van der Waals surface area contributed by atoms with Crippen molar-refractivity contribution in [2.45, 2.75) is 26.9 Å². The summed E-state index contributed by atoms with van der Waals surface area (Å²) in [6.07, 6.45) is 0. The van der Waals surface area contributed by atoms with E-state index in [1.165, 1.54) is 5.56 Å². The second-order valence-electron chi connectivity index (χ2n) is 5.76. The number of benzene rings is 2. The van der Waals surface area contributed by atoms with Crippen LogP contribution in [0.3, 0.4) is 0 Å². The first-order valence-corrected chi connectivity index (χ1v) is 9.29. The van der Waals surface area contributed by atoms with Gasteiger partial charge in [0, 0.05) is 17.6 Å². The van der Waals surface area contributed by atoms with E-state index in [2.05, 4.69) is 52.1 Å². The molecule has 2 rings (SSSR count). The van der Waals surface area contributed by atoms with Crippen LogP contribution in [0.15, 0.2) is 46.9 Å². The number of carbonyl (C=O) groups excluding carboxylic acids is 1. The Hall–Kier alpha value is -1.85. The molecule has 1 N–H and O–H groups in total. The van der Waals surface area contributed by atoms with Gasteiger partial charge < -0.3 is 10.1 Å². The first-order valence-electron chi connectivity index (χ1n) is 8.49. The van der Waals surface area contributed by atoms with Crippen LogP contribution >= 0.6 is 15.9 Å². The number of methoxy groups -OCH3 is 1. The van der Waals surface area contributed by atoms with Gasteiger partial charge in [0.25, 0.3) is 5.91 Å². The van der Waals surface area contributed by atoms with Gasteiger partial charge in [-0.05, 0) is 58.3 Å². The number of ether oxygens (including phenoxy) is 1. The van der Waals surface area contributed by atoms with Crippen LogP contribution < -0.4 is 10.1 Å². The van der Waals surface area contributed by atoms with Gasteiger partial charge in [0.05, 0.1) is 12.7 Å². The predicted octanol–water partition coefficient (Wildman–Crippen LogP) is 4.23. The number of amides is 1. The molecule has 25 heavy (non-hydrogen) atoms. The minimum atomic E-state index is -0.122. The van der Waals surface area contributed by atoms with Crippen molar-refractivity contribution in [1.29, 1.82) is 0 Å². The van der Waals surface area contributed by atoms with Gasteiger partial charge in [0.1, 0.15) is 5.75 Å². The van der Waals surface area contributed by atoms with Gasteiger partial charge in [-0.2, -0.15) is 0 Å². The van der Waals surface area contributed by atoms with E-state index < -0.39 is 0 Å². The van der Waals surface area contributed by atoms with E-state index in [4.69, 9.17) is 4.74 Å². The average Bonchev–Trinajstić information content (AvgIpc) is 2.65. The highest BCUT2D eigenvalue weighted by molar-refractivity contribution is 9.10. The van der Waals surface area contributed by atoms with Crippen molar-refractivity contribution in [1.82, 2.24) is 10.2 Å². The number of halogens is 1. The standard InChI is InChI=1S/C20H25BrN2O2/c1-4-23(5-2)14-16-9-7-6-8-15(16)13-22-20(24)18-12-17(25-3)10-11-19(18)21/h6-12H,4-5,13-14H2,1-3H3,(H,22,24). The zero-order chi connectivity index (χ0) is 18.2. The first kappa shape index (κ1) is 19.5. The molecule has 134 valence electrons. The maximum absolute atomic E-state index is 12.5. The summed E-state index contributed by atoms with van der Waals surface area (Å²) in [5, 5.41) is 3.01. The molecule has 0 atom stereocenters. The third-order valence-electron chi connectivity index (χ3n) is 4.26. The van der Waals surface area contributed by atoms with E-state index in [1.54, 1.807) is 13.2 Å². The van der Waals surface area contributed by atoms with Crippen molar-refractivity contribution in [3.05, 3.63) is 63.6 Å². The molecule has 0 aliphatic heterocycles. The zero-order valence-electron chi connectivity index (χ0n) is 15.0. The lowest BCUT2D eigenvalue weighted by Gasteiger charge is -2.20. The molecule has 5 heteroatoms. The van der Waals surface area contributed by atoms with Crippen LogP contribution in [-0.2, 0) is 13.1 Å². The lowest BCUT2D eigenvalue weighted by atomic mass is 10.1.